The Kier molecular flexibility index (Phi) is 8.67. The molecule has 0 spiro atoms. The van der Waals surface area contributed by atoms with Crippen LogP contribution in [-0.4, -0.2) is 62.0 Å². The van der Waals surface area contributed by atoms with E-state index in [0.29, 0.717) is 31.5 Å². The number of fused-ring (bicyclic) bond motifs is 1. The fraction of sp³-hybridized carbons (Fsp3) is 0.652. The summed E-state index contributed by atoms with van der Waals surface area (Å²) >= 11 is 0. The molecule has 1 saturated carbocycles. The van der Waals surface area contributed by atoms with Crippen LogP contribution in [0.4, 0.5) is 0 Å². The molecule has 1 aliphatic carbocycles. The van der Waals surface area contributed by atoms with Crippen molar-refractivity contribution in [2.45, 2.75) is 63.3 Å². The molecule has 1 amide bonds. The molecule has 2 aromatic rings. The number of imidazole rings is 1. The number of nitrogens with one attached hydrogen (secondary N) is 1. The number of aryl methyl sites for hydroxylation is 2. The van der Waals surface area contributed by atoms with Crippen molar-refractivity contribution in [1.29, 1.82) is 0 Å². The number of sulfonamides is 1. The van der Waals surface area contributed by atoms with Crippen molar-refractivity contribution in [3.8, 4) is 0 Å². The molecule has 1 aromatic heterocycles. The Balaban J connectivity index is 1.61. The largest absolute Gasteiger partial charge is 0.381 e. The second-order valence-electron chi connectivity index (χ2n) is 8.69. The second-order valence-corrected chi connectivity index (χ2v) is 10.8. The maximum atomic E-state index is 12.5. The molecule has 9 heteroatoms. The average molecular weight is 465 g/mol. The molecule has 0 radical (unpaired) electrons. The molecule has 1 N–H and O–H groups in total. The van der Waals surface area contributed by atoms with E-state index in [-0.39, 0.29) is 10.8 Å². The molecule has 0 aliphatic heterocycles. The highest BCUT2D eigenvalue weighted by molar-refractivity contribution is 7.89. The number of rotatable bonds is 14. The smallest absolute Gasteiger partial charge is 0.242 e. The summed E-state index contributed by atoms with van der Waals surface area (Å²) < 4.78 is 33.9. The molecular weight excluding hydrogens is 428 g/mol. The average Bonchev–Trinajstić information content (AvgIpc) is 3.52. The molecular formula is C23H36N4O4S. The minimum Gasteiger partial charge on any atom is -0.381 e. The highest BCUT2D eigenvalue weighted by Crippen LogP contribution is 2.28. The van der Waals surface area contributed by atoms with Gasteiger partial charge in [-0.1, -0.05) is 13.3 Å². The lowest BCUT2D eigenvalue weighted by Crippen LogP contribution is -2.26. The summed E-state index contributed by atoms with van der Waals surface area (Å²) in [5.74, 6) is 1.57. The van der Waals surface area contributed by atoms with Gasteiger partial charge in [-0.15, -0.1) is 0 Å². The molecule has 8 nitrogen and oxygen atoms in total. The number of aromatic nitrogens is 2. The zero-order valence-corrected chi connectivity index (χ0v) is 20.3. The highest BCUT2D eigenvalue weighted by Gasteiger charge is 2.21. The van der Waals surface area contributed by atoms with Gasteiger partial charge in [-0.3, -0.25) is 4.79 Å². The number of benzene rings is 1. The van der Waals surface area contributed by atoms with Crippen molar-refractivity contribution < 1.29 is 17.9 Å². The monoisotopic (exact) mass is 464 g/mol. The molecule has 0 saturated heterocycles. The Morgan fingerprint density at radius 1 is 1.28 bits per heavy atom. The first kappa shape index (κ1) is 24.7. The van der Waals surface area contributed by atoms with Gasteiger partial charge >= 0.3 is 0 Å². The predicted molar refractivity (Wildman–Crippen MR) is 125 cm³/mol. The third kappa shape index (κ3) is 6.52. The van der Waals surface area contributed by atoms with Crippen molar-refractivity contribution in [2.75, 3.05) is 33.9 Å². The van der Waals surface area contributed by atoms with Gasteiger partial charge in [-0.25, -0.2) is 17.7 Å². The van der Waals surface area contributed by atoms with Gasteiger partial charge < -0.3 is 14.6 Å². The van der Waals surface area contributed by atoms with E-state index in [2.05, 4.69) is 16.8 Å². The van der Waals surface area contributed by atoms with Gasteiger partial charge in [0.05, 0.1) is 15.9 Å². The van der Waals surface area contributed by atoms with Crippen LogP contribution >= 0.6 is 0 Å². The fourth-order valence-electron chi connectivity index (χ4n) is 3.54. The van der Waals surface area contributed by atoms with E-state index in [1.807, 2.05) is 6.07 Å². The van der Waals surface area contributed by atoms with Crippen LogP contribution in [0, 0.1) is 5.92 Å². The van der Waals surface area contributed by atoms with Crippen LogP contribution in [0.15, 0.2) is 23.1 Å². The molecule has 1 aliphatic rings. The van der Waals surface area contributed by atoms with Crippen LogP contribution in [0.3, 0.4) is 0 Å². The summed E-state index contributed by atoms with van der Waals surface area (Å²) in [5, 5.41) is 2.95. The van der Waals surface area contributed by atoms with E-state index < -0.39 is 10.0 Å². The molecule has 0 bridgehead atoms. The fourth-order valence-corrected chi connectivity index (χ4v) is 4.46. The van der Waals surface area contributed by atoms with Crippen LogP contribution in [0.1, 0.15) is 51.3 Å². The van der Waals surface area contributed by atoms with Crippen LogP contribution < -0.4 is 5.32 Å². The Labute approximate surface area is 191 Å². The Hall–Kier alpha value is -1.97. The number of nitrogens with zero attached hydrogens (tertiary/aromatic N) is 3. The summed E-state index contributed by atoms with van der Waals surface area (Å²) in [5.41, 5.74) is 1.55. The van der Waals surface area contributed by atoms with Crippen molar-refractivity contribution in [2.24, 2.45) is 5.92 Å². The van der Waals surface area contributed by atoms with Crippen LogP contribution in [0.25, 0.3) is 11.0 Å². The third-order valence-electron chi connectivity index (χ3n) is 5.73. The van der Waals surface area contributed by atoms with Gasteiger partial charge in [0.2, 0.25) is 15.9 Å². The van der Waals surface area contributed by atoms with E-state index in [1.165, 1.54) is 31.2 Å². The molecule has 1 heterocycles. The first-order valence-electron chi connectivity index (χ1n) is 11.6. The molecule has 3 rings (SSSR count). The number of hydrogen-bond acceptors (Lipinski definition) is 5. The van der Waals surface area contributed by atoms with E-state index in [4.69, 9.17) is 9.72 Å². The number of amides is 1. The maximum absolute atomic E-state index is 12.5. The third-order valence-corrected chi connectivity index (χ3v) is 7.54. The molecule has 0 unspecified atom stereocenters. The predicted octanol–water partition coefficient (Wildman–Crippen LogP) is 2.95. The Bertz CT molecular complexity index is 1010. The van der Waals surface area contributed by atoms with E-state index in [1.54, 1.807) is 12.1 Å². The Morgan fingerprint density at radius 2 is 2.06 bits per heavy atom. The van der Waals surface area contributed by atoms with Crippen molar-refractivity contribution in [3.05, 3.63) is 24.0 Å². The van der Waals surface area contributed by atoms with Crippen molar-refractivity contribution in [3.63, 3.8) is 0 Å². The molecule has 32 heavy (non-hydrogen) atoms. The molecule has 1 fully saturated rings. The van der Waals surface area contributed by atoms with Gasteiger partial charge in [0, 0.05) is 53.2 Å². The van der Waals surface area contributed by atoms with Crippen molar-refractivity contribution >= 4 is 27.0 Å². The van der Waals surface area contributed by atoms with Gasteiger partial charge in [-0.05, 0) is 49.8 Å². The van der Waals surface area contributed by atoms with E-state index in [9.17, 15) is 13.2 Å². The Morgan fingerprint density at radius 3 is 2.75 bits per heavy atom. The van der Waals surface area contributed by atoms with Crippen molar-refractivity contribution in [1.82, 2.24) is 19.2 Å². The van der Waals surface area contributed by atoms with Crippen LogP contribution in [0.5, 0.6) is 0 Å². The lowest BCUT2D eigenvalue weighted by atomic mass is 10.2. The SMILES string of the molecule is CCCCn1c(CCC(=O)NCCCOCC2CC2)nc2cc(S(=O)(=O)N(C)C)ccc21. The number of carbonyl (C=O) groups excluding carboxylic acids is 1. The minimum absolute atomic E-state index is 0.00262. The normalized spacial score (nSPS) is 14.4. The topological polar surface area (TPSA) is 93.5 Å². The molecule has 0 atom stereocenters. The standard InChI is InChI=1S/C23H36N4O4S/c1-4-5-14-27-21-10-9-19(32(29,30)26(2)3)16-20(21)25-22(27)11-12-23(28)24-13-6-15-31-17-18-7-8-18/h9-10,16,18H,4-8,11-15,17H2,1-3H3,(H,24,28). The summed E-state index contributed by atoms with van der Waals surface area (Å²) in [6.45, 7) is 5.06. The zero-order chi connectivity index (χ0) is 23.1. The van der Waals surface area contributed by atoms with E-state index >= 15 is 0 Å². The second kappa shape index (κ2) is 11.2. The highest BCUT2D eigenvalue weighted by atomic mass is 32.2. The minimum atomic E-state index is -3.52. The number of ether oxygens (including phenoxy) is 1. The van der Waals surface area contributed by atoms with Gasteiger partial charge in [-0.2, -0.15) is 0 Å². The zero-order valence-electron chi connectivity index (χ0n) is 19.5. The molecule has 178 valence electrons. The number of unbranched alkanes of at least 4 members (excludes halogenated alkanes) is 1. The van der Waals surface area contributed by atoms with Crippen LogP contribution in [0.2, 0.25) is 0 Å². The lowest BCUT2D eigenvalue weighted by Gasteiger charge is -2.11. The maximum Gasteiger partial charge on any atom is 0.242 e. The van der Waals surface area contributed by atoms with Gasteiger partial charge in [0.15, 0.2) is 0 Å². The summed E-state index contributed by atoms with van der Waals surface area (Å²) in [4.78, 5) is 17.2. The van der Waals surface area contributed by atoms with Gasteiger partial charge in [0.25, 0.3) is 0 Å². The summed E-state index contributed by atoms with van der Waals surface area (Å²) in [6, 6.07) is 5.07. The van der Waals surface area contributed by atoms with Crippen LogP contribution in [-0.2, 0) is 32.5 Å². The number of hydrogen-bond donors (Lipinski definition) is 1. The summed E-state index contributed by atoms with van der Waals surface area (Å²) in [7, 11) is -0.490. The summed E-state index contributed by atoms with van der Waals surface area (Å²) in [6.07, 6.45) is 6.27. The first-order chi connectivity index (χ1) is 15.3. The first-order valence-corrected chi connectivity index (χ1v) is 13.0. The molecule has 1 aromatic carbocycles. The van der Waals surface area contributed by atoms with E-state index in [0.717, 1.165) is 49.7 Å². The lowest BCUT2D eigenvalue weighted by molar-refractivity contribution is -0.121. The quantitative estimate of drug-likeness (QED) is 0.434. The van der Waals surface area contributed by atoms with Gasteiger partial charge in [0.1, 0.15) is 5.82 Å². The number of carbonyl (C=O) groups is 1.